The minimum Gasteiger partial charge on any atom is -0.461 e. The summed E-state index contributed by atoms with van der Waals surface area (Å²) in [6.07, 6.45) is 0. The van der Waals surface area contributed by atoms with Crippen LogP contribution in [0.5, 0.6) is 0 Å². The fourth-order valence-electron chi connectivity index (χ4n) is 3.39. The molecule has 0 radical (unpaired) electrons. The summed E-state index contributed by atoms with van der Waals surface area (Å²) in [4.78, 5) is 39.9. The third-order valence-electron chi connectivity index (χ3n) is 4.95. The lowest BCUT2D eigenvalue weighted by molar-refractivity contribution is 0.0513. The first-order valence-corrected chi connectivity index (χ1v) is 9.90. The zero-order valence-corrected chi connectivity index (χ0v) is 18.5. The zero-order chi connectivity index (χ0) is 21.9. The van der Waals surface area contributed by atoms with Crippen LogP contribution in [-0.2, 0) is 11.8 Å². The monoisotopic (exact) mass is 418 g/mol. The Morgan fingerprint density at radius 3 is 2.41 bits per heavy atom. The van der Waals surface area contributed by atoms with E-state index in [0.717, 1.165) is 0 Å². The fourth-order valence-corrected chi connectivity index (χ4v) is 3.58. The van der Waals surface area contributed by atoms with Crippen LogP contribution in [0.1, 0.15) is 63.2 Å². The summed E-state index contributed by atoms with van der Waals surface area (Å²) in [6, 6.07) is 6.46. The lowest BCUT2D eigenvalue weighted by Gasteiger charge is -2.26. The standard InChI is InChI=1S/C22H27ClN2O4/c1-7-29-22(28)20-14(4)19(15(5)24(20)6)18(26)12-25(13(2)3)21(27)16-9-8-10-17(23)11-16/h8-11,13H,7,12H2,1-6H3. The second-order valence-electron chi connectivity index (χ2n) is 7.17. The number of amides is 1. The Balaban J connectivity index is 2.37. The van der Waals surface area contributed by atoms with Crippen LogP contribution >= 0.6 is 11.6 Å². The second-order valence-corrected chi connectivity index (χ2v) is 7.61. The average molecular weight is 419 g/mol. The van der Waals surface area contributed by atoms with Gasteiger partial charge in [-0.25, -0.2) is 4.79 Å². The summed E-state index contributed by atoms with van der Waals surface area (Å²) < 4.78 is 6.78. The molecule has 6 nitrogen and oxygen atoms in total. The number of hydrogen-bond donors (Lipinski definition) is 0. The molecule has 1 aromatic heterocycles. The summed E-state index contributed by atoms with van der Waals surface area (Å²) in [6.45, 7) is 9.09. The van der Waals surface area contributed by atoms with Crippen LogP contribution in [0.2, 0.25) is 5.02 Å². The molecule has 1 heterocycles. The van der Waals surface area contributed by atoms with Gasteiger partial charge in [0, 0.05) is 34.9 Å². The van der Waals surface area contributed by atoms with Crippen LogP contribution in [0.4, 0.5) is 0 Å². The molecule has 0 bridgehead atoms. The van der Waals surface area contributed by atoms with Gasteiger partial charge in [0.2, 0.25) is 0 Å². The second kappa shape index (κ2) is 9.27. The number of aromatic nitrogens is 1. The summed E-state index contributed by atoms with van der Waals surface area (Å²) >= 11 is 6.01. The Bertz CT molecular complexity index is 947. The number of ether oxygens (including phenoxy) is 1. The van der Waals surface area contributed by atoms with Crippen LogP contribution in [-0.4, -0.2) is 46.3 Å². The maximum Gasteiger partial charge on any atom is 0.355 e. The predicted molar refractivity (Wildman–Crippen MR) is 113 cm³/mol. The first-order chi connectivity index (χ1) is 13.6. The number of Topliss-reactive ketones (excluding diaryl/α,β-unsaturated/α-hetero) is 1. The van der Waals surface area contributed by atoms with Crippen LogP contribution < -0.4 is 0 Å². The van der Waals surface area contributed by atoms with Crippen molar-refractivity contribution >= 4 is 29.3 Å². The molecule has 1 aromatic carbocycles. The van der Waals surface area contributed by atoms with Crippen molar-refractivity contribution in [2.45, 2.75) is 40.7 Å². The van der Waals surface area contributed by atoms with E-state index in [2.05, 4.69) is 0 Å². The quantitative estimate of drug-likeness (QED) is 0.499. The highest BCUT2D eigenvalue weighted by Crippen LogP contribution is 2.24. The number of esters is 1. The molecule has 0 fully saturated rings. The number of carbonyl (C=O) groups is 3. The van der Waals surface area contributed by atoms with Gasteiger partial charge >= 0.3 is 5.97 Å². The molecule has 0 aliphatic rings. The van der Waals surface area contributed by atoms with Gasteiger partial charge in [-0.15, -0.1) is 0 Å². The highest BCUT2D eigenvalue weighted by molar-refractivity contribution is 6.31. The number of carbonyl (C=O) groups excluding carboxylic acids is 3. The first-order valence-electron chi connectivity index (χ1n) is 9.52. The zero-order valence-electron chi connectivity index (χ0n) is 17.7. The van der Waals surface area contributed by atoms with Crippen LogP contribution in [0.15, 0.2) is 24.3 Å². The molecule has 156 valence electrons. The molecule has 0 aliphatic heterocycles. The van der Waals surface area contributed by atoms with Gasteiger partial charge in [0.1, 0.15) is 5.69 Å². The van der Waals surface area contributed by atoms with Crippen LogP contribution in [0.25, 0.3) is 0 Å². The SMILES string of the molecule is CCOC(=O)c1c(C)c(C(=O)CN(C(=O)c2cccc(Cl)c2)C(C)C)c(C)n1C. The Kier molecular flexibility index (Phi) is 7.25. The molecule has 2 rings (SSSR count). The van der Waals surface area contributed by atoms with Crippen molar-refractivity contribution in [2.75, 3.05) is 13.2 Å². The molecule has 1 amide bonds. The number of benzene rings is 1. The lowest BCUT2D eigenvalue weighted by atomic mass is 10.0. The largest absolute Gasteiger partial charge is 0.461 e. The van der Waals surface area contributed by atoms with E-state index in [-0.39, 0.29) is 30.9 Å². The van der Waals surface area contributed by atoms with Gasteiger partial charge in [-0.3, -0.25) is 9.59 Å². The number of rotatable bonds is 7. The van der Waals surface area contributed by atoms with Crippen molar-refractivity contribution in [2.24, 2.45) is 7.05 Å². The lowest BCUT2D eigenvalue weighted by Crippen LogP contribution is -2.41. The molecule has 0 N–H and O–H groups in total. The van der Waals surface area contributed by atoms with Crippen molar-refractivity contribution in [3.8, 4) is 0 Å². The molecule has 0 unspecified atom stereocenters. The molecule has 0 atom stereocenters. The van der Waals surface area contributed by atoms with Crippen molar-refractivity contribution in [1.82, 2.24) is 9.47 Å². The van der Waals surface area contributed by atoms with Gasteiger partial charge in [-0.05, 0) is 58.4 Å². The van der Waals surface area contributed by atoms with E-state index in [0.29, 0.717) is 33.1 Å². The molecule has 0 aliphatic carbocycles. The van der Waals surface area contributed by atoms with Crippen molar-refractivity contribution < 1.29 is 19.1 Å². The van der Waals surface area contributed by atoms with E-state index in [9.17, 15) is 14.4 Å². The molecule has 0 spiro atoms. The normalized spacial score (nSPS) is 10.9. The Morgan fingerprint density at radius 2 is 1.86 bits per heavy atom. The third kappa shape index (κ3) is 4.70. The Labute approximate surface area is 176 Å². The summed E-state index contributed by atoms with van der Waals surface area (Å²) in [5.41, 5.74) is 2.44. The molecule has 29 heavy (non-hydrogen) atoms. The number of nitrogens with zero attached hydrogens (tertiary/aromatic N) is 2. The highest BCUT2D eigenvalue weighted by Gasteiger charge is 2.29. The third-order valence-corrected chi connectivity index (χ3v) is 5.18. The van der Waals surface area contributed by atoms with Crippen LogP contribution in [0, 0.1) is 13.8 Å². The van der Waals surface area contributed by atoms with Crippen molar-refractivity contribution in [1.29, 1.82) is 0 Å². The number of ketones is 1. The topological polar surface area (TPSA) is 68.6 Å². The van der Waals surface area contributed by atoms with Crippen LogP contribution in [0.3, 0.4) is 0 Å². The number of hydrogen-bond acceptors (Lipinski definition) is 4. The van der Waals surface area contributed by atoms with E-state index in [4.69, 9.17) is 16.3 Å². The van der Waals surface area contributed by atoms with Crippen molar-refractivity contribution in [3.05, 3.63) is 57.4 Å². The smallest absolute Gasteiger partial charge is 0.355 e. The Hall–Kier alpha value is -2.60. The van der Waals surface area contributed by atoms with Gasteiger partial charge in [0.25, 0.3) is 5.91 Å². The minimum absolute atomic E-state index is 0.100. The maximum atomic E-state index is 13.2. The predicted octanol–water partition coefficient (Wildman–Crippen LogP) is 4.21. The van der Waals surface area contributed by atoms with E-state index in [1.807, 2.05) is 13.8 Å². The number of halogens is 1. The summed E-state index contributed by atoms with van der Waals surface area (Å²) in [7, 11) is 1.72. The molecular formula is C22H27ClN2O4. The summed E-state index contributed by atoms with van der Waals surface area (Å²) in [5, 5.41) is 0.458. The van der Waals surface area contributed by atoms with E-state index >= 15 is 0 Å². The fraction of sp³-hybridized carbons (Fsp3) is 0.409. The van der Waals surface area contributed by atoms with E-state index < -0.39 is 5.97 Å². The molecule has 0 saturated carbocycles. The molecule has 0 saturated heterocycles. The van der Waals surface area contributed by atoms with Gasteiger partial charge in [-0.1, -0.05) is 17.7 Å². The Morgan fingerprint density at radius 1 is 1.21 bits per heavy atom. The highest BCUT2D eigenvalue weighted by atomic mass is 35.5. The van der Waals surface area contributed by atoms with Gasteiger partial charge in [-0.2, -0.15) is 0 Å². The summed E-state index contributed by atoms with van der Waals surface area (Å²) in [5.74, 6) is -0.965. The maximum absolute atomic E-state index is 13.2. The first kappa shape index (κ1) is 22.7. The van der Waals surface area contributed by atoms with E-state index in [1.54, 1.807) is 56.7 Å². The molecular weight excluding hydrogens is 392 g/mol. The van der Waals surface area contributed by atoms with Gasteiger partial charge in [0.05, 0.1) is 13.2 Å². The molecule has 2 aromatic rings. The molecule has 7 heteroatoms. The minimum atomic E-state index is -0.467. The van der Waals surface area contributed by atoms with Crippen molar-refractivity contribution in [3.63, 3.8) is 0 Å². The van der Waals surface area contributed by atoms with Gasteiger partial charge in [0.15, 0.2) is 5.78 Å². The van der Waals surface area contributed by atoms with E-state index in [1.165, 1.54) is 4.90 Å². The average Bonchev–Trinajstić information content (AvgIpc) is 2.87. The van der Waals surface area contributed by atoms with Gasteiger partial charge < -0.3 is 14.2 Å².